The van der Waals surface area contributed by atoms with Gasteiger partial charge in [0.05, 0.1) is 11.1 Å². The van der Waals surface area contributed by atoms with E-state index < -0.39 is 39.7 Å². The summed E-state index contributed by atoms with van der Waals surface area (Å²) in [5.41, 5.74) is 1.65. The van der Waals surface area contributed by atoms with Crippen molar-refractivity contribution in [1.29, 1.82) is 0 Å². The number of nitrogens with one attached hydrogen (secondary N) is 2. The van der Waals surface area contributed by atoms with Crippen molar-refractivity contribution in [3.8, 4) is 0 Å². The highest BCUT2D eigenvalue weighted by Gasteiger charge is 2.36. The lowest BCUT2D eigenvalue weighted by atomic mass is 10.0. The van der Waals surface area contributed by atoms with Gasteiger partial charge in [-0.3, -0.25) is 4.79 Å². The van der Waals surface area contributed by atoms with E-state index >= 15 is 0 Å². The number of rotatable bonds is 4. The number of hydrogen-bond donors (Lipinski definition) is 2. The van der Waals surface area contributed by atoms with Crippen LogP contribution in [0, 0.1) is 11.6 Å². The largest absolute Gasteiger partial charge is 0.598 e. The van der Waals surface area contributed by atoms with Crippen LogP contribution in [0.4, 0.5) is 14.5 Å². The fourth-order valence-electron chi connectivity index (χ4n) is 3.12. The summed E-state index contributed by atoms with van der Waals surface area (Å²) in [7, 11) is 0. The summed E-state index contributed by atoms with van der Waals surface area (Å²) in [6.45, 7) is 5.50. The topological polar surface area (TPSA) is 64.2 Å². The van der Waals surface area contributed by atoms with Gasteiger partial charge in [-0.15, -0.1) is 4.72 Å². The number of halogens is 3. The van der Waals surface area contributed by atoms with Crippen molar-refractivity contribution in [2.75, 3.05) is 5.32 Å². The molecule has 150 valence electrons. The minimum absolute atomic E-state index is 0.101. The van der Waals surface area contributed by atoms with E-state index in [1.165, 1.54) is 24.3 Å². The number of fused-ring (bicyclic) bond motifs is 1. The highest BCUT2D eigenvalue weighted by atomic mass is 35.5. The fraction of sp³-hybridized carbons (Fsp3) is 0.350. The molecule has 2 atom stereocenters. The zero-order chi connectivity index (χ0) is 20.6. The van der Waals surface area contributed by atoms with Gasteiger partial charge < -0.3 is 9.87 Å². The van der Waals surface area contributed by atoms with Gasteiger partial charge in [0, 0.05) is 28.2 Å². The molecule has 0 bridgehead atoms. The Morgan fingerprint density at radius 1 is 1.21 bits per heavy atom. The fourth-order valence-corrected chi connectivity index (χ4v) is 4.15. The number of amides is 1. The van der Waals surface area contributed by atoms with E-state index in [0.717, 1.165) is 6.07 Å². The molecule has 0 saturated carbocycles. The zero-order valence-electron chi connectivity index (χ0n) is 15.7. The minimum Gasteiger partial charge on any atom is -0.598 e. The highest BCUT2D eigenvalue weighted by Crippen LogP contribution is 2.37. The van der Waals surface area contributed by atoms with Crippen molar-refractivity contribution < 1.29 is 18.1 Å². The van der Waals surface area contributed by atoms with Gasteiger partial charge in [0.2, 0.25) is 0 Å². The number of carbonyl (C=O) groups is 1. The number of carbonyl (C=O) groups excluding carboxylic acids is 1. The molecule has 0 saturated heterocycles. The first-order valence-corrected chi connectivity index (χ1v) is 10.4. The summed E-state index contributed by atoms with van der Waals surface area (Å²) in [5.74, 6) is -1.45. The lowest BCUT2D eigenvalue weighted by Gasteiger charge is -2.26. The first kappa shape index (κ1) is 21.0. The standard InChI is InChI=1S/C20H21ClF2N2O2S/c1-20(2,3)28(27)25-17-9-6-12-13(5-8-16(23)18(12)17)19(26)24-11-4-7-15(22)14(21)10-11/h4-5,7-8,10,17,25H,6,9H2,1-3H3,(H,24,26)/t17?,28-/m0/s1. The van der Waals surface area contributed by atoms with Crippen LogP contribution >= 0.6 is 11.6 Å². The van der Waals surface area contributed by atoms with Crippen LogP contribution in [0.25, 0.3) is 0 Å². The summed E-state index contributed by atoms with van der Waals surface area (Å²) in [6, 6.07) is 6.12. The molecule has 2 N–H and O–H groups in total. The van der Waals surface area contributed by atoms with Gasteiger partial charge in [0.25, 0.3) is 5.91 Å². The second kappa shape index (κ2) is 7.99. The molecule has 0 heterocycles. The van der Waals surface area contributed by atoms with Crippen molar-refractivity contribution in [2.45, 2.75) is 44.4 Å². The molecule has 1 aliphatic rings. The second-order valence-corrected chi connectivity index (χ2v) is 10.1. The van der Waals surface area contributed by atoms with Crippen LogP contribution in [-0.4, -0.2) is 15.2 Å². The Labute approximate surface area is 171 Å². The molecule has 0 aromatic heterocycles. The smallest absolute Gasteiger partial charge is 0.255 e. The summed E-state index contributed by atoms with van der Waals surface area (Å²) < 4.78 is 42.7. The average molecular weight is 427 g/mol. The van der Waals surface area contributed by atoms with Crippen LogP contribution in [0.3, 0.4) is 0 Å². The van der Waals surface area contributed by atoms with Gasteiger partial charge in [-0.25, -0.2) is 8.78 Å². The van der Waals surface area contributed by atoms with Crippen LogP contribution in [-0.2, 0) is 17.8 Å². The van der Waals surface area contributed by atoms with Crippen molar-refractivity contribution in [2.24, 2.45) is 0 Å². The second-order valence-electron chi connectivity index (χ2n) is 7.66. The maximum Gasteiger partial charge on any atom is 0.255 e. The van der Waals surface area contributed by atoms with Crippen molar-refractivity contribution >= 4 is 34.6 Å². The Kier molecular flexibility index (Phi) is 6.00. The van der Waals surface area contributed by atoms with Gasteiger partial charge in [0.1, 0.15) is 16.4 Å². The molecule has 28 heavy (non-hydrogen) atoms. The molecular formula is C20H21ClF2N2O2S. The molecule has 1 unspecified atom stereocenters. The summed E-state index contributed by atoms with van der Waals surface area (Å²) in [4.78, 5) is 12.7. The molecular weight excluding hydrogens is 406 g/mol. The van der Waals surface area contributed by atoms with Crippen molar-refractivity contribution in [3.63, 3.8) is 0 Å². The molecule has 0 radical (unpaired) electrons. The molecule has 0 fully saturated rings. The van der Waals surface area contributed by atoms with Gasteiger partial charge in [-0.05, 0) is 69.5 Å². The number of benzene rings is 2. The Bertz CT molecular complexity index is 918. The molecule has 4 nitrogen and oxygen atoms in total. The molecule has 3 rings (SSSR count). The molecule has 1 amide bonds. The zero-order valence-corrected chi connectivity index (χ0v) is 17.3. The normalized spacial score (nSPS) is 17.3. The van der Waals surface area contributed by atoms with E-state index in [2.05, 4.69) is 10.0 Å². The van der Waals surface area contributed by atoms with E-state index in [0.29, 0.717) is 35.2 Å². The SMILES string of the molecule is CC(C)(C)[S@+]([O-])NC1CCc2c(C(=O)Nc3ccc(F)c(Cl)c3)ccc(F)c21. The average Bonchev–Trinajstić information content (AvgIpc) is 3.02. The molecule has 2 aromatic carbocycles. The minimum atomic E-state index is -1.36. The van der Waals surface area contributed by atoms with Gasteiger partial charge >= 0.3 is 0 Å². The lowest BCUT2D eigenvalue weighted by Crippen LogP contribution is -2.41. The maximum absolute atomic E-state index is 14.5. The first-order valence-electron chi connectivity index (χ1n) is 8.83. The van der Waals surface area contributed by atoms with Crippen LogP contribution in [0.1, 0.15) is 54.7 Å². The van der Waals surface area contributed by atoms with Crippen LogP contribution in [0.5, 0.6) is 0 Å². The van der Waals surface area contributed by atoms with Crippen LogP contribution in [0.2, 0.25) is 5.02 Å². The van der Waals surface area contributed by atoms with E-state index in [-0.39, 0.29) is 5.02 Å². The Balaban J connectivity index is 1.86. The predicted octanol–water partition coefficient (Wildman–Crippen LogP) is 4.91. The molecule has 1 aliphatic carbocycles. The summed E-state index contributed by atoms with van der Waals surface area (Å²) in [5, 5.41) is 2.56. The van der Waals surface area contributed by atoms with E-state index in [1.807, 2.05) is 20.8 Å². The summed E-state index contributed by atoms with van der Waals surface area (Å²) in [6.07, 6.45) is 1.03. The highest BCUT2D eigenvalue weighted by molar-refractivity contribution is 7.90. The monoisotopic (exact) mass is 426 g/mol. The number of hydrogen-bond acceptors (Lipinski definition) is 3. The van der Waals surface area contributed by atoms with Gasteiger partial charge in [-0.1, -0.05) is 11.6 Å². The van der Waals surface area contributed by atoms with Crippen molar-refractivity contribution in [1.82, 2.24) is 4.72 Å². The Morgan fingerprint density at radius 3 is 2.54 bits per heavy atom. The molecule has 8 heteroatoms. The Morgan fingerprint density at radius 2 is 1.89 bits per heavy atom. The lowest BCUT2D eigenvalue weighted by molar-refractivity contribution is 0.102. The van der Waals surface area contributed by atoms with E-state index in [1.54, 1.807) is 0 Å². The van der Waals surface area contributed by atoms with E-state index in [4.69, 9.17) is 11.6 Å². The Hall–Kier alpha value is -1.67. The maximum atomic E-state index is 14.5. The van der Waals surface area contributed by atoms with Gasteiger partial charge in [-0.2, -0.15) is 0 Å². The third-order valence-corrected chi connectivity index (χ3v) is 6.46. The van der Waals surface area contributed by atoms with E-state index in [9.17, 15) is 18.1 Å². The molecule has 0 spiro atoms. The molecule has 2 aromatic rings. The van der Waals surface area contributed by atoms with Crippen LogP contribution < -0.4 is 10.0 Å². The summed E-state index contributed by atoms with van der Waals surface area (Å²) >= 11 is 4.39. The third-order valence-electron chi connectivity index (χ3n) is 4.56. The number of anilines is 1. The quantitative estimate of drug-likeness (QED) is 0.683. The van der Waals surface area contributed by atoms with Crippen molar-refractivity contribution in [3.05, 3.63) is 63.7 Å². The predicted molar refractivity (Wildman–Crippen MR) is 108 cm³/mol. The molecule has 0 aliphatic heterocycles. The van der Waals surface area contributed by atoms with Crippen LogP contribution in [0.15, 0.2) is 30.3 Å². The first-order chi connectivity index (χ1) is 13.1. The van der Waals surface area contributed by atoms with Gasteiger partial charge in [0.15, 0.2) is 0 Å². The third kappa shape index (κ3) is 4.33.